The van der Waals surface area contributed by atoms with Gasteiger partial charge in [-0.2, -0.15) is 9.57 Å². The van der Waals surface area contributed by atoms with Gasteiger partial charge in [0, 0.05) is 18.7 Å². The van der Waals surface area contributed by atoms with Gasteiger partial charge < -0.3 is 0 Å². The fourth-order valence-electron chi connectivity index (χ4n) is 2.53. The fourth-order valence-corrected chi connectivity index (χ4v) is 3.98. The molecule has 5 heteroatoms. The van der Waals surface area contributed by atoms with E-state index in [1.807, 2.05) is 50.3 Å². The normalized spacial score (nSPS) is 11.6. The van der Waals surface area contributed by atoms with E-state index in [-0.39, 0.29) is 18.0 Å². The first-order chi connectivity index (χ1) is 13.4. The van der Waals surface area contributed by atoms with E-state index in [0.717, 1.165) is 16.7 Å². The van der Waals surface area contributed by atoms with Crippen LogP contribution in [0, 0.1) is 18.3 Å². The second kappa shape index (κ2) is 9.87. The van der Waals surface area contributed by atoms with Crippen LogP contribution in [-0.4, -0.2) is 25.8 Å². The number of rotatable bonds is 7. The molecule has 4 nitrogen and oxygen atoms in total. The van der Waals surface area contributed by atoms with Crippen molar-refractivity contribution in [3.8, 4) is 6.07 Å². The van der Waals surface area contributed by atoms with Crippen LogP contribution in [0.25, 0.3) is 6.08 Å². The van der Waals surface area contributed by atoms with Gasteiger partial charge in [0.05, 0.1) is 11.0 Å². The highest BCUT2D eigenvalue weighted by molar-refractivity contribution is 7.89. The molecule has 0 amide bonds. The highest BCUT2D eigenvalue weighted by Crippen LogP contribution is 2.19. The van der Waals surface area contributed by atoms with Crippen molar-refractivity contribution in [2.45, 2.75) is 25.7 Å². The molecule has 0 atom stereocenters. The van der Waals surface area contributed by atoms with Crippen molar-refractivity contribution in [3.05, 3.63) is 88.7 Å². The summed E-state index contributed by atoms with van der Waals surface area (Å²) in [5.41, 5.74) is 6.28. The van der Waals surface area contributed by atoms with Gasteiger partial charge in [-0.1, -0.05) is 54.1 Å². The van der Waals surface area contributed by atoms with Gasteiger partial charge in [0.1, 0.15) is 0 Å². The third-order valence-corrected chi connectivity index (χ3v) is 6.00. The summed E-state index contributed by atoms with van der Waals surface area (Å²) in [5, 5.41) is 9.27. The third-order valence-electron chi connectivity index (χ3n) is 4.20. The zero-order valence-corrected chi connectivity index (χ0v) is 17.2. The quantitative estimate of drug-likeness (QED) is 0.506. The Kier molecular flexibility index (Phi) is 7.54. The summed E-state index contributed by atoms with van der Waals surface area (Å²) >= 11 is 0. The molecule has 0 saturated heterocycles. The van der Waals surface area contributed by atoms with E-state index in [4.69, 9.17) is 0 Å². The van der Waals surface area contributed by atoms with Gasteiger partial charge in [-0.05, 0) is 50.1 Å². The molecule has 0 heterocycles. The molecule has 2 rings (SSSR count). The summed E-state index contributed by atoms with van der Waals surface area (Å²) in [6.07, 6.45) is 3.46. The van der Waals surface area contributed by atoms with E-state index >= 15 is 0 Å². The molecule has 0 spiro atoms. The average molecular weight is 393 g/mol. The molecule has 0 bridgehead atoms. The second-order valence-corrected chi connectivity index (χ2v) is 8.43. The SMILES string of the molecule is C/C=C(/C#N)CN(CC(C)=C=Cc1ccccc1)S(=O)(=O)c1ccc(C)cc1. The molecular weight excluding hydrogens is 368 g/mol. The molecule has 0 fully saturated rings. The zero-order chi connectivity index (χ0) is 20.6. The maximum Gasteiger partial charge on any atom is 0.243 e. The van der Waals surface area contributed by atoms with Gasteiger partial charge in [0.2, 0.25) is 10.0 Å². The van der Waals surface area contributed by atoms with Gasteiger partial charge in [0.15, 0.2) is 0 Å². The van der Waals surface area contributed by atoms with Crippen LogP contribution in [0.2, 0.25) is 0 Å². The lowest BCUT2D eigenvalue weighted by atomic mass is 10.2. The Morgan fingerprint density at radius 1 is 1.07 bits per heavy atom. The number of benzene rings is 2. The highest BCUT2D eigenvalue weighted by Gasteiger charge is 2.25. The van der Waals surface area contributed by atoms with Gasteiger partial charge >= 0.3 is 0 Å². The molecule has 0 aliphatic heterocycles. The van der Waals surface area contributed by atoms with Crippen molar-refractivity contribution in [1.82, 2.24) is 4.31 Å². The molecule has 0 aromatic heterocycles. The molecule has 2 aromatic carbocycles. The predicted octanol–water partition coefficient (Wildman–Crippen LogP) is 4.71. The first-order valence-corrected chi connectivity index (χ1v) is 10.4. The molecule has 0 N–H and O–H groups in total. The molecule has 28 heavy (non-hydrogen) atoms. The van der Waals surface area contributed by atoms with Crippen LogP contribution >= 0.6 is 0 Å². The number of nitrogens with zero attached hydrogens (tertiary/aromatic N) is 2. The molecule has 144 valence electrons. The molecular formula is C23H24N2O2S. The average Bonchev–Trinajstić information content (AvgIpc) is 2.70. The maximum atomic E-state index is 13.2. The lowest BCUT2D eigenvalue weighted by molar-refractivity contribution is 0.462. The van der Waals surface area contributed by atoms with E-state index in [9.17, 15) is 13.7 Å². The monoisotopic (exact) mass is 392 g/mol. The van der Waals surface area contributed by atoms with Gasteiger partial charge in [-0.3, -0.25) is 0 Å². The molecule has 0 saturated carbocycles. The van der Waals surface area contributed by atoms with E-state index in [0.29, 0.717) is 5.57 Å². The van der Waals surface area contributed by atoms with Gasteiger partial charge in [-0.25, -0.2) is 8.42 Å². The van der Waals surface area contributed by atoms with E-state index in [2.05, 4.69) is 11.8 Å². The molecule has 0 radical (unpaired) electrons. The second-order valence-electron chi connectivity index (χ2n) is 6.49. The summed E-state index contributed by atoms with van der Waals surface area (Å²) < 4.78 is 27.6. The van der Waals surface area contributed by atoms with E-state index < -0.39 is 10.0 Å². The van der Waals surface area contributed by atoms with Crippen molar-refractivity contribution >= 4 is 16.1 Å². The Balaban J connectivity index is 2.38. The molecule has 2 aromatic rings. The minimum atomic E-state index is -3.74. The van der Waals surface area contributed by atoms with Crippen LogP contribution in [0.5, 0.6) is 0 Å². The minimum Gasteiger partial charge on any atom is -0.207 e. The van der Waals surface area contributed by atoms with Gasteiger partial charge in [-0.15, -0.1) is 5.73 Å². The Morgan fingerprint density at radius 2 is 1.71 bits per heavy atom. The van der Waals surface area contributed by atoms with Gasteiger partial charge in [0.25, 0.3) is 0 Å². The lowest BCUT2D eigenvalue weighted by Crippen LogP contribution is -2.34. The number of allylic oxidation sites excluding steroid dienone is 1. The Morgan fingerprint density at radius 3 is 2.29 bits per heavy atom. The lowest BCUT2D eigenvalue weighted by Gasteiger charge is -2.22. The van der Waals surface area contributed by atoms with Crippen LogP contribution in [0.1, 0.15) is 25.0 Å². The van der Waals surface area contributed by atoms with Crippen molar-refractivity contribution in [1.29, 1.82) is 5.26 Å². The summed E-state index contributed by atoms with van der Waals surface area (Å²) in [4.78, 5) is 0.214. The van der Waals surface area contributed by atoms with Crippen LogP contribution in [-0.2, 0) is 10.0 Å². The number of aryl methyl sites for hydroxylation is 1. The Hall–Kier alpha value is -2.90. The standard InChI is InChI=1S/C23H24N2O2S/c1-4-21(16-24)18-25(28(26,27)23-14-11-19(2)12-15-23)17-20(3)10-13-22-8-6-5-7-9-22/h4-9,11-15H,17-18H2,1-3H3/b21-4-. The smallest absolute Gasteiger partial charge is 0.207 e. The number of hydrogen-bond donors (Lipinski definition) is 0. The Bertz CT molecular complexity index is 1040. The van der Waals surface area contributed by atoms with Crippen LogP contribution < -0.4 is 0 Å². The predicted molar refractivity (Wildman–Crippen MR) is 113 cm³/mol. The van der Waals surface area contributed by atoms with Crippen molar-refractivity contribution < 1.29 is 8.42 Å². The summed E-state index contributed by atoms with van der Waals surface area (Å²) in [6, 6.07) is 18.5. The number of nitriles is 1. The summed E-state index contributed by atoms with van der Waals surface area (Å²) in [6.45, 7) is 5.64. The number of hydrogen-bond acceptors (Lipinski definition) is 3. The first-order valence-electron chi connectivity index (χ1n) is 8.96. The van der Waals surface area contributed by atoms with Crippen LogP contribution in [0.3, 0.4) is 0 Å². The van der Waals surface area contributed by atoms with Crippen molar-refractivity contribution in [2.75, 3.05) is 13.1 Å². The molecule has 0 aliphatic carbocycles. The molecule has 0 aliphatic rings. The summed E-state index contributed by atoms with van der Waals surface area (Å²) in [5.74, 6) is 0. The third kappa shape index (κ3) is 5.80. The van der Waals surface area contributed by atoms with Crippen molar-refractivity contribution in [2.24, 2.45) is 0 Å². The fraction of sp³-hybridized carbons (Fsp3) is 0.217. The largest absolute Gasteiger partial charge is 0.243 e. The Labute approximate surface area is 167 Å². The van der Waals surface area contributed by atoms with Crippen LogP contribution in [0.4, 0.5) is 0 Å². The topological polar surface area (TPSA) is 61.2 Å². The van der Waals surface area contributed by atoms with E-state index in [1.165, 1.54) is 4.31 Å². The highest BCUT2D eigenvalue weighted by atomic mass is 32.2. The number of sulfonamides is 1. The van der Waals surface area contributed by atoms with Crippen molar-refractivity contribution in [3.63, 3.8) is 0 Å². The zero-order valence-electron chi connectivity index (χ0n) is 16.4. The molecule has 0 unspecified atom stereocenters. The maximum absolute atomic E-state index is 13.2. The van der Waals surface area contributed by atoms with Crippen LogP contribution in [0.15, 0.2) is 82.4 Å². The van der Waals surface area contributed by atoms with E-state index in [1.54, 1.807) is 37.3 Å². The summed E-state index contributed by atoms with van der Waals surface area (Å²) in [7, 11) is -3.74. The minimum absolute atomic E-state index is 0.0214. The first kappa shape index (κ1) is 21.4.